The van der Waals surface area contributed by atoms with Gasteiger partial charge in [-0.2, -0.15) is 0 Å². The van der Waals surface area contributed by atoms with Gasteiger partial charge in [-0.3, -0.25) is 0 Å². The summed E-state index contributed by atoms with van der Waals surface area (Å²) < 4.78 is 14.0. The van der Waals surface area contributed by atoms with Gasteiger partial charge in [0.2, 0.25) is 0 Å². The molecule has 3 aliphatic rings. The molecular weight excluding hydrogens is 923 g/mol. The molecule has 0 aliphatic heterocycles. The fourth-order valence-electron chi connectivity index (χ4n) is 14.1. The summed E-state index contributed by atoms with van der Waals surface area (Å²) in [6.45, 7) is 21.5. The Balaban J connectivity index is 0.934. The fourth-order valence-corrected chi connectivity index (χ4v) is 14.1. The minimum atomic E-state index is -0.341. The zero-order valence-electron chi connectivity index (χ0n) is 44.7. The minimum absolute atomic E-state index is 0.0106. The number of benzene rings is 10. The van der Waals surface area contributed by atoms with Gasteiger partial charge < -0.3 is 13.7 Å². The van der Waals surface area contributed by atoms with E-state index in [1.165, 1.54) is 99.6 Å². The summed E-state index contributed by atoms with van der Waals surface area (Å²) in [5.74, 6) is 0. The van der Waals surface area contributed by atoms with Gasteiger partial charge in [0, 0.05) is 66.0 Å². The van der Waals surface area contributed by atoms with Crippen LogP contribution in [-0.4, -0.2) is 0 Å². The first-order valence-electron chi connectivity index (χ1n) is 27.1. The molecule has 2 heterocycles. The number of hydrogen-bond acceptors (Lipinski definition) is 3. The molecule has 0 saturated heterocycles. The Hall–Kier alpha value is -8.40. The van der Waals surface area contributed by atoms with Crippen molar-refractivity contribution in [2.24, 2.45) is 0 Å². The van der Waals surface area contributed by atoms with E-state index >= 15 is 0 Å². The summed E-state index contributed by atoms with van der Waals surface area (Å²) in [4.78, 5) is 2.50. The van der Waals surface area contributed by atoms with Crippen molar-refractivity contribution in [2.45, 2.75) is 84.0 Å². The van der Waals surface area contributed by atoms with Crippen molar-refractivity contribution in [3.63, 3.8) is 0 Å². The van der Waals surface area contributed by atoms with E-state index in [2.05, 4.69) is 261 Å². The average molecular weight is 982 g/mol. The maximum absolute atomic E-state index is 7.02. The third-order valence-electron chi connectivity index (χ3n) is 17.9. The number of fused-ring (bicyclic) bond motifs is 19. The molecule has 12 aromatic rings. The zero-order valence-corrected chi connectivity index (χ0v) is 44.7. The molecule has 76 heavy (non-hydrogen) atoms. The molecule has 3 aliphatic carbocycles. The predicted molar refractivity (Wildman–Crippen MR) is 318 cm³/mol. The van der Waals surface area contributed by atoms with E-state index < -0.39 is 0 Å². The first kappa shape index (κ1) is 45.0. The van der Waals surface area contributed by atoms with E-state index in [0.29, 0.717) is 0 Å². The topological polar surface area (TPSA) is 29.5 Å². The smallest absolute Gasteiger partial charge is 0.144 e. The van der Waals surface area contributed by atoms with Crippen LogP contribution in [0, 0.1) is 0 Å². The Bertz CT molecular complexity index is 4450. The lowest BCUT2D eigenvalue weighted by atomic mass is 9.72. The SMILES string of the molecule is CC(C)(C)c1ccc(N(c2ccc3c(c2)C(C)(C)c2cc(-c4cccc(-c5ccccc5)c4)c4oc5ccccc5c4c2-3)c2ccc3c(c2)C(C)(C)c2c4c(c5oc6ccccc6c5c2-3)-c2ccccc2C4(C)C)cc1. The molecule has 15 rings (SSSR count). The quantitative estimate of drug-likeness (QED) is 0.172. The van der Waals surface area contributed by atoms with Crippen LogP contribution in [0.15, 0.2) is 203 Å². The van der Waals surface area contributed by atoms with Crippen molar-refractivity contribution < 1.29 is 8.83 Å². The second kappa shape index (κ2) is 15.4. The first-order valence-corrected chi connectivity index (χ1v) is 27.1. The van der Waals surface area contributed by atoms with Crippen LogP contribution in [0.2, 0.25) is 0 Å². The van der Waals surface area contributed by atoms with Gasteiger partial charge in [-0.05, 0) is 150 Å². The fraction of sp³-hybridized carbons (Fsp3) is 0.178. The third kappa shape index (κ3) is 6.06. The molecule has 0 unspecified atom stereocenters. The molecule has 0 spiro atoms. The number of rotatable bonds is 5. The highest BCUT2D eigenvalue weighted by atomic mass is 16.3. The molecule has 2 aromatic heterocycles. The second-order valence-corrected chi connectivity index (χ2v) is 24.4. The van der Waals surface area contributed by atoms with Crippen LogP contribution in [0.4, 0.5) is 17.1 Å². The minimum Gasteiger partial charge on any atom is -0.455 e. The largest absolute Gasteiger partial charge is 0.455 e. The Morgan fingerprint density at radius 2 is 0.868 bits per heavy atom. The molecule has 0 atom stereocenters. The zero-order chi connectivity index (χ0) is 51.8. The summed E-state index contributed by atoms with van der Waals surface area (Å²) in [5.41, 5.74) is 28.0. The standard InChI is InChI=1S/C73H59NO2/c1-70(2,3)45-30-32-46(33-31-45)74(48-35-37-51-57(40-48)73(8,9)66-62(51)64-53-26-15-18-29-60(53)76-69(64)65-49-24-13-16-27-55(49)72(6,7)67(65)66)47-34-36-50-56(39-47)71(4,5)58-41-54(44-23-19-22-43(38-44)42-20-11-10-12-21-42)68-63(61(50)58)52-25-14-17-28-59(52)75-68/h10-41H,1-9H3. The summed E-state index contributed by atoms with van der Waals surface area (Å²) in [7, 11) is 0. The predicted octanol–water partition coefficient (Wildman–Crippen LogP) is 20.5. The summed E-state index contributed by atoms with van der Waals surface area (Å²) >= 11 is 0. The van der Waals surface area contributed by atoms with E-state index in [-0.39, 0.29) is 21.7 Å². The number of para-hydroxylation sites is 2. The summed E-state index contributed by atoms with van der Waals surface area (Å²) in [5, 5.41) is 4.71. The van der Waals surface area contributed by atoms with Crippen molar-refractivity contribution in [3.05, 3.63) is 233 Å². The van der Waals surface area contributed by atoms with E-state index in [1.54, 1.807) is 0 Å². The third-order valence-corrected chi connectivity index (χ3v) is 17.9. The van der Waals surface area contributed by atoms with Crippen LogP contribution in [0.3, 0.4) is 0 Å². The van der Waals surface area contributed by atoms with Crippen LogP contribution in [0.5, 0.6) is 0 Å². The molecule has 368 valence electrons. The Kier molecular flexibility index (Phi) is 9.10. The number of furan rings is 2. The molecule has 0 saturated carbocycles. The molecular formula is C73H59NO2. The molecule has 0 fully saturated rings. The maximum Gasteiger partial charge on any atom is 0.144 e. The second-order valence-electron chi connectivity index (χ2n) is 24.4. The van der Waals surface area contributed by atoms with Crippen molar-refractivity contribution in [1.82, 2.24) is 0 Å². The Morgan fingerprint density at radius 3 is 1.55 bits per heavy atom. The van der Waals surface area contributed by atoms with Gasteiger partial charge in [-0.1, -0.05) is 196 Å². The Morgan fingerprint density at radius 1 is 0.355 bits per heavy atom. The lowest BCUT2D eigenvalue weighted by molar-refractivity contribution is 0.590. The molecule has 0 N–H and O–H groups in total. The van der Waals surface area contributed by atoms with Gasteiger partial charge in [-0.15, -0.1) is 0 Å². The van der Waals surface area contributed by atoms with Crippen molar-refractivity contribution in [3.8, 4) is 55.6 Å². The van der Waals surface area contributed by atoms with Gasteiger partial charge in [0.1, 0.15) is 22.3 Å². The summed E-state index contributed by atoms with van der Waals surface area (Å²) in [6, 6.07) is 72.1. The number of nitrogens with zero attached hydrogens (tertiary/aromatic N) is 1. The van der Waals surface area contributed by atoms with Gasteiger partial charge in [0.15, 0.2) is 0 Å². The number of anilines is 3. The van der Waals surface area contributed by atoms with Crippen LogP contribution in [-0.2, 0) is 21.7 Å². The lowest BCUT2D eigenvalue weighted by Gasteiger charge is -2.32. The first-order chi connectivity index (χ1) is 36.6. The van der Waals surface area contributed by atoms with E-state index in [9.17, 15) is 0 Å². The van der Waals surface area contributed by atoms with E-state index in [0.717, 1.165) is 55.9 Å². The molecule has 0 bridgehead atoms. The van der Waals surface area contributed by atoms with Gasteiger partial charge in [-0.25, -0.2) is 0 Å². The highest BCUT2D eigenvalue weighted by molar-refractivity contribution is 6.21. The highest BCUT2D eigenvalue weighted by Crippen LogP contribution is 2.64. The highest BCUT2D eigenvalue weighted by Gasteiger charge is 2.49. The normalized spacial score (nSPS) is 15.2. The monoisotopic (exact) mass is 981 g/mol. The number of hydrogen-bond donors (Lipinski definition) is 0. The summed E-state index contributed by atoms with van der Waals surface area (Å²) in [6.07, 6.45) is 0. The Labute approximate surface area is 445 Å². The van der Waals surface area contributed by atoms with Crippen LogP contribution in [0.1, 0.15) is 101 Å². The molecule has 3 nitrogen and oxygen atoms in total. The lowest BCUT2D eigenvalue weighted by Crippen LogP contribution is -2.24. The van der Waals surface area contributed by atoms with Gasteiger partial charge in [0.25, 0.3) is 0 Å². The van der Waals surface area contributed by atoms with Crippen molar-refractivity contribution in [2.75, 3.05) is 4.90 Å². The van der Waals surface area contributed by atoms with E-state index in [4.69, 9.17) is 8.83 Å². The van der Waals surface area contributed by atoms with Crippen LogP contribution >= 0.6 is 0 Å². The van der Waals surface area contributed by atoms with E-state index in [1.807, 2.05) is 0 Å². The average Bonchev–Trinajstić information content (AvgIpc) is 4.37. The molecule has 10 aromatic carbocycles. The molecule has 0 amide bonds. The van der Waals surface area contributed by atoms with Crippen LogP contribution in [0.25, 0.3) is 99.5 Å². The van der Waals surface area contributed by atoms with Crippen molar-refractivity contribution >= 4 is 60.9 Å². The maximum atomic E-state index is 7.02. The molecule has 3 heteroatoms. The van der Waals surface area contributed by atoms with Gasteiger partial charge in [0.05, 0.1) is 0 Å². The van der Waals surface area contributed by atoms with Gasteiger partial charge >= 0.3 is 0 Å². The van der Waals surface area contributed by atoms with Crippen molar-refractivity contribution in [1.29, 1.82) is 0 Å². The van der Waals surface area contributed by atoms with Crippen LogP contribution < -0.4 is 4.90 Å². The molecule has 0 radical (unpaired) electrons.